The molecule has 0 aliphatic carbocycles. The van der Waals surface area contributed by atoms with Gasteiger partial charge in [0.15, 0.2) is 11.6 Å². The van der Waals surface area contributed by atoms with Crippen LogP contribution in [-0.2, 0) is 10.2 Å². The average Bonchev–Trinajstić information content (AvgIpc) is 3.52. The Balaban J connectivity index is 1.55. The van der Waals surface area contributed by atoms with Crippen LogP contribution in [0.5, 0.6) is 11.5 Å². The molecule has 0 radical (unpaired) electrons. The van der Waals surface area contributed by atoms with E-state index in [0.29, 0.717) is 33.9 Å². The molecule has 4 aromatic carbocycles. The van der Waals surface area contributed by atoms with Gasteiger partial charge in [-0.1, -0.05) is 66.7 Å². The zero-order valence-electron chi connectivity index (χ0n) is 24.0. The summed E-state index contributed by atoms with van der Waals surface area (Å²) in [5.74, 6) is -0.878. The second-order valence-corrected chi connectivity index (χ2v) is 11.2. The molecule has 3 heterocycles. The van der Waals surface area contributed by atoms with E-state index in [1.54, 1.807) is 62.8 Å². The highest BCUT2D eigenvalue weighted by Crippen LogP contribution is 2.58. The van der Waals surface area contributed by atoms with E-state index in [0.717, 1.165) is 16.8 Å². The van der Waals surface area contributed by atoms with Gasteiger partial charge in [0.1, 0.15) is 23.0 Å². The number of ether oxygens (including phenoxy) is 2. The number of hydrogen-bond donors (Lipinski definition) is 1. The van der Waals surface area contributed by atoms with E-state index in [1.165, 1.54) is 0 Å². The van der Waals surface area contributed by atoms with E-state index in [9.17, 15) is 14.4 Å². The molecule has 3 aliphatic heterocycles. The SMILES string of the molecule is COc1cccc(C(=O)C2C(C(=O)c3cccc(OC)c3)C3(C(=O)Nc4ccccc43)C3C=C(C)c4ccccc4N23)c1. The first kappa shape index (κ1) is 26.7. The first-order chi connectivity index (χ1) is 20.9. The number of rotatable bonds is 6. The topological polar surface area (TPSA) is 84.9 Å². The van der Waals surface area contributed by atoms with Crippen molar-refractivity contribution in [2.75, 3.05) is 24.4 Å². The molecule has 214 valence electrons. The molecule has 4 aromatic rings. The third-order valence-corrected chi connectivity index (χ3v) is 9.14. The molecular weight excluding hydrogens is 540 g/mol. The Morgan fingerprint density at radius 3 is 2.12 bits per heavy atom. The fourth-order valence-corrected chi connectivity index (χ4v) is 7.29. The zero-order valence-corrected chi connectivity index (χ0v) is 24.0. The van der Waals surface area contributed by atoms with Gasteiger partial charge >= 0.3 is 0 Å². The van der Waals surface area contributed by atoms with Gasteiger partial charge < -0.3 is 19.7 Å². The summed E-state index contributed by atoms with van der Waals surface area (Å²) in [5, 5.41) is 3.08. The van der Waals surface area contributed by atoms with Crippen molar-refractivity contribution in [2.45, 2.75) is 24.4 Å². The van der Waals surface area contributed by atoms with Crippen molar-refractivity contribution in [2.24, 2.45) is 5.92 Å². The molecule has 4 atom stereocenters. The van der Waals surface area contributed by atoms with Crippen molar-refractivity contribution in [3.63, 3.8) is 0 Å². The monoisotopic (exact) mass is 570 g/mol. The second-order valence-electron chi connectivity index (χ2n) is 11.2. The Morgan fingerprint density at radius 1 is 0.791 bits per heavy atom. The van der Waals surface area contributed by atoms with Crippen LogP contribution in [0.4, 0.5) is 11.4 Å². The Bertz CT molecular complexity index is 1840. The van der Waals surface area contributed by atoms with E-state index < -0.39 is 23.4 Å². The maximum absolute atomic E-state index is 15.0. The first-order valence-corrected chi connectivity index (χ1v) is 14.2. The van der Waals surface area contributed by atoms with E-state index in [-0.39, 0.29) is 17.5 Å². The number of nitrogens with zero attached hydrogens (tertiary/aromatic N) is 1. The smallest absolute Gasteiger partial charge is 0.238 e. The second kappa shape index (κ2) is 9.98. The Labute approximate surface area is 249 Å². The maximum Gasteiger partial charge on any atom is 0.238 e. The highest BCUT2D eigenvalue weighted by Gasteiger charge is 2.70. The summed E-state index contributed by atoms with van der Waals surface area (Å²) in [5.41, 5.74) is 3.50. The van der Waals surface area contributed by atoms with Crippen LogP contribution in [0, 0.1) is 5.92 Å². The number of nitrogens with one attached hydrogen (secondary N) is 1. The molecule has 1 N–H and O–H groups in total. The van der Waals surface area contributed by atoms with Gasteiger partial charge in [-0.15, -0.1) is 0 Å². The van der Waals surface area contributed by atoms with Gasteiger partial charge in [0.2, 0.25) is 5.91 Å². The van der Waals surface area contributed by atoms with E-state index in [2.05, 4.69) is 11.4 Å². The van der Waals surface area contributed by atoms with Crippen molar-refractivity contribution in [3.05, 3.63) is 125 Å². The fourth-order valence-electron chi connectivity index (χ4n) is 7.29. The van der Waals surface area contributed by atoms with Crippen LogP contribution >= 0.6 is 0 Å². The number of Topliss-reactive ketones (excluding diaryl/α,β-unsaturated/α-hetero) is 2. The van der Waals surface area contributed by atoms with Gasteiger partial charge in [-0.2, -0.15) is 0 Å². The van der Waals surface area contributed by atoms with Gasteiger partial charge in [0.25, 0.3) is 0 Å². The van der Waals surface area contributed by atoms with Crippen LogP contribution in [0.3, 0.4) is 0 Å². The van der Waals surface area contributed by atoms with Crippen molar-refractivity contribution < 1.29 is 23.9 Å². The van der Waals surface area contributed by atoms with E-state index in [1.807, 2.05) is 60.4 Å². The molecule has 1 spiro atoms. The number of carbonyl (C=O) groups excluding carboxylic acids is 3. The minimum atomic E-state index is -1.38. The van der Waals surface area contributed by atoms with Crippen molar-refractivity contribution in [3.8, 4) is 11.5 Å². The predicted octanol–water partition coefficient (Wildman–Crippen LogP) is 5.95. The van der Waals surface area contributed by atoms with E-state index >= 15 is 0 Å². The average molecular weight is 571 g/mol. The number of fused-ring (bicyclic) bond motifs is 6. The summed E-state index contributed by atoms with van der Waals surface area (Å²) >= 11 is 0. The number of para-hydroxylation sites is 2. The van der Waals surface area contributed by atoms with Gasteiger partial charge in [0, 0.05) is 28.1 Å². The van der Waals surface area contributed by atoms with Gasteiger partial charge in [-0.05, 0) is 54.5 Å². The first-order valence-electron chi connectivity index (χ1n) is 14.2. The summed E-state index contributed by atoms with van der Waals surface area (Å²) in [6.07, 6.45) is 2.05. The highest BCUT2D eigenvalue weighted by atomic mass is 16.5. The number of amides is 1. The lowest BCUT2D eigenvalue weighted by atomic mass is 9.64. The number of benzene rings is 4. The quantitative estimate of drug-likeness (QED) is 0.289. The molecule has 43 heavy (non-hydrogen) atoms. The highest BCUT2D eigenvalue weighted by molar-refractivity contribution is 6.18. The standard InChI is InChI=1S/C36H30N2O5/c1-21-18-30-36(27-15-5-6-16-28(27)37-35(36)41)31(33(39)22-10-8-12-24(19-22)42-2)32(38(30)29-17-7-4-14-26(21)29)34(40)23-11-9-13-25(20-23)43-3/h4-20,30-32H,1-3H3,(H,37,41). The molecule has 1 saturated heterocycles. The van der Waals surface area contributed by atoms with Crippen molar-refractivity contribution >= 4 is 34.4 Å². The number of anilines is 2. The Morgan fingerprint density at radius 2 is 1.42 bits per heavy atom. The minimum absolute atomic E-state index is 0.262. The van der Waals surface area contributed by atoms with Crippen LogP contribution in [0.2, 0.25) is 0 Å². The molecule has 1 amide bonds. The van der Waals surface area contributed by atoms with Crippen LogP contribution in [0.15, 0.2) is 103 Å². The number of ketones is 2. The summed E-state index contributed by atoms with van der Waals surface area (Å²) in [6.45, 7) is 2.01. The van der Waals surface area contributed by atoms with Crippen LogP contribution < -0.4 is 19.7 Å². The van der Waals surface area contributed by atoms with Gasteiger partial charge in [0.05, 0.1) is 26.2 Å². The zero-order chi connectivity index (χ0) is 29.9. The molecular formula is C36H30N2O5. The molecule has 0 aromatic heterocycles. The predicted molar refractivity (Wildman–Crippen MR) is 165 cm³/mol. The molecule has 4 unspecified atom stereocenters. The van der Waals surface area contributed by atoms with Gasteiger partial charge in [-0.25, -0.2) is 0 Å². The molecule has 7 nitrogen and oxygen atoms in total. The lowest BCUT2D eigenvalue weighted by Gasteiger charge is -2.39. The summed E-state index contributed by atoms with van der Waals surface area (Å²) < 4.78 is 10.9. The number of allylic oxidation sites excluding steroid dienone is 1. The summed E-state index contributed by atoms with van der Waals surface area (Å²) in [6, 6.07) is 27.6. The fraction of sp³-hybridized carbons (Fsp3) is 0.194. The third-order valence-electron chi connectivity index (χ3n) is 9.14. The molecule has 0 saturated carbocycles. The van der Waals surface area contributed by atoms with Crippen molar-refractivity contribution in [1.29, 1.82) is 0 Å². The molecule has 0 bridgehead atoms. The van der Waals surface area contributed by atoms with Crippen LogP contribution in [-0.4, -0.2) is 43.8 Å². The summed E-state index contributed by atoms with van der Waals surface area (Å²) in [7, 11) is 3.09. The normalized spacial score (nSPS) is 23.1. The summed E-state index contributed by atoms with van der Waals surface area (Å²) in [4.78, 5) is 46.4. The molecule has 7 heteroatoms. The van der Waals surface area contributed by atoms with Crippen LogP contribution in [0.1, 0.15) is 38.8 Å². The number of methoxy groups -OCH3 is 2. The van der Waals surface area contributed by atoms with Crippen molar-refractivity contribution in [1.82, 2.24) is 0 Å². The molecule has 1 fully saturated rings. The van der Waals surface area contributed by atoms with E-state index in [4.69, 9.17) is 9.47 Å². The molecule has 3 aliphatic rings. The Hall–Kier alpha value is -5.17. The lowest BCUT2D eigenvalue weighted by molar-refractivity contribution is -0.121. The molecule has 7 rings (SSSR count). The Kier molecular flexibility index (Phi) is 6.20. The maximum atomic E-state index is 15.0. The third kappa shape index (κ3) is 3.77. The largest absolute Gasteiger partial charge is 0.497 e. The minimum Gasteiger partial charge on any atom is -0.497 e. The lowest BCUT2D eigenvalue weighted by Crippen LogP contribution is -2.51. The van der Waals surface area contributed by atoms with Crippen LogP contribution in [0.25, 0.3) is 5.57 Å². The number of carbonyl (C=O) groups is 3. The number of hydrogen-bond acceptors (Lipinski definition) is 6. The van der Waals surface area contributed by atoms with Gasteiger partial charge in [-0.3, -0.25) is 14.4 Å².